The third-order valence-electron chi connectivity index (χ3n) is 3.59. The van der Waals surface area contributed by atoms with E-state index in [0.29, 0.717) is 12.0 Å². The summed E-state index contributed by atoms with van der Waals surface area (Å²) in [5, 5.41) is 3.60. The lowest BCUT2D eigenvalue weighted by atomic mass is 9.96. The number of aromatic nitrogens is 2. The third kappa shape index (κ3) is 2.06. The SMILES string of the molecule is CCNC(c1cncs1)C1CCc2cccnc21. The van der Waals surface area contributed by atoms with E-state index in [2.05, 4.69) is 28.3 Å². The van der Waals surface area contributed by atoms with Crippen LogP contribution in [0, 0.1) is 0 Å². The van der Waals surface area contributed by atoms with Gasteiger partial charge in [0.1, 0.15) is 0 Å². The Morgan fingerprint density at radius 2 is 2.50 bits per heavy atom. The van der Waals surface area contributed by atoms with E-state index >= 15 is 0 Å². The number of nitrogens with zero attached hydrogens (tertiary/aromatic N) is 2. The molecule has 2 atom stereocenters. The molecular weight excluding hydrogens is 242 g/mol. The summed E-state index contributed by atoms with van der Waals surface area (Å²) in [7, 11) is 0. The van der Waals surface area contributed by atoms with Crippen LogP contribution >= 0.6 is 11.3 Å². The number of likely N-dealkylation sites (N-methyl/N-ethyl adjacent to an activating group) is 1. The first-order valence-corrected chi connectivity index (χ1v) is 7.33. The van der Waals surface area contributed by atoms with Crippen molar-refractivity contribution in [1.82, 2.24) is 15.3 Å². The van der Waals surface area contributed by atoms with Gasteiger partial charge in [-0.3, -0.25) is 9.97 Å². The van der Waals surface area contributed by atoms with Crippen molar-refractivity contribution < 1.29 is 0 Å². The molecule has 0 spiro atoms. The summed E-state index contributed by atoms with van der Waals surface area (Å²) in [4.78, 5) is 10.1. The van der Waals surface area contributed by atoms with E-state index in [0.717, 1.165) is 13.0 Å². The van der Waals surface area contributed by atoms with Crippen molar-refractivity contribution in [3.05, 3.63) is 46.2 Å². The predicted octanol–water partition coefficient (Wildman–Crippen LogP) is 2.92. The van der Waals surface area contributed by atoms with E-state index in [4.69, 9.17) is 0 Å². The summed E-state index contributed by atoms with van der Waals surface area (Å²) in [6.45, 7) is 3.13. The molecule has 3 rings (SSSR count). The van der Waals surface area contributed by atoms with Crippen molar-refractivity contribution in [3.63, 3.8) is 0 Å². The molecule has 1 aliphatic rings. The molecule has 4 heteroatoms. The quantitative estimate of drug-likeness (QED) is 0.917. The van der Waals surface area contributed by atoms with Crippen LogP contribution in [0.15, 0.2) is 30.0 Å². The van der Waals surface area contributed by atoms with E-state index in [1.165, 1.54) is 22.6 Å². The number of rotatable bonds is 4. The Morgan fingerprint density at radius 1 is 1.56 bits per heavy atom. The van der Waals surface area contributed by atoms with Gasteiger partial charge in [0, 0.05) is 28.9 Å². The van der Waals surface area contributed by atoms with E-state index in [1.54, 1.807) is 11.3 Å². The van der Waals surface area contributed by atoms with Crippen LogP contribution < -0.4 is 5.32 Å². The number of hydrogen-bond donors (Lipinski definition) is 1. The molecule has 0 fully saturated rings. The first kappa shape index (κ1) is 11.8. The Bertz CT molecular complexity index is 508. The standard InChI is InChI=1S/C14H17N3S/c1-2-16-14(12-8-15-9-18-12)11-6-5-10-4-3-7-17-13(10)11/h3-4,7-9,11,14,16H,2,5-6H2,1H3. The molecule has 0 radical (unpaired) electrons. The number of nitrogens with one attached hydrogen (secondary N) is 1. The van der Waals surface area contributed by atoms with Crippen LogP contribution in [0.25, 0.3) is 0 Å². The highest BCUT2D eigenvalue weighted by Crippen LogP contribution is 2.41. The van der Waals surface area contributed by atoms with Crippen LogP contribution in [0.3, 0.4) is 0 Å². The molecule has 1 aliphatic carbocycles. The lowest BCUT2D eigenvalue weighted by Crippen LogP contribution is -2.25. The molecule has 1 N–H and O–H groups in total. The maximum absolute atomic E-state index is 4.60. The van der Waals surface area contributed by atoms with Crippen LogP contribution in [0.4, 0.5) is 0 Å². The smallest absolute Gasteiger partial charge is 0.0794 e. The van der Waals surface area contributed by atoms with Gasteiger partial charge in [0.2, 0.25) is 0 Å². The minimum atomic E-state index is 0.360. The molecule has 3 nitrogen and oxygen atoms in total. The predicted molar refractivity (Wildman–Crippen MR) is 73.8 cm³/mol. The van der Waals surface area contributed by atoms with Crippen molar-refractivity contribution >= 4 is 11.3 Å². The lowest BCUT2D eigenvalue weighted by Gasteiger charge is -2.23. The van der Waals surface area contributed by atoms with Crippen molar-refractivity contribution in [3.8, 4) is 0 Å². The fraction of sp³-hybridized carbons (Fsp3) is 0.429. The van der Waals surface area contributed by atoms with Crippen molar-refractivity contribution in [2.24, 2.45) is 0 Å². The summed E-state index contributed by atoms with van der Waals surface area (Å²) in [6, 6.07) is 4.60. The highest BCUT2D eigenvalue weighted by molar-refractivity contribution is 7.09. The van der Waals surface area contributed by atoms with Crippen LogP contribution in [0.1, 0.15) is 41.4 Å². The highest BCUT2D eigenvalue weighted by atomic mass is 32.1. The minimum Gasteiger partial charge on any atom is -0.309 e. The molecular formula is C14H17N3S. The molecule has 0 aliphatic heterocycles. The molecule has 0 bridgehead atoms. The molecule has 2 aromatic heterocycles. The Labute approximate surface area is 111 Å². The summed E-state index contributed by atoms with van der Waals surface area (Å²) in [6.07, 6.45) is 6.22. The topological polar surface area (TPSA) is 37.8 Å². The lowest BCUT2D eigenvalue weighted by molar-refractivity contribution is 0.453. The van der Waals surface area contributed by atoms with Crippen LogP contribution in [-0.4, -0.2) is 16.5 Å². The zero-order valence-electron chi connectivity index (χ0n) is 10.5. The van der Waals surface area contributed by atoms with Gasteiger partial charge in [-0.1, -0.05) is 13.0 Å². The molecule has 0 saturated carbocycles. The van der Waals surface area contributed by atoms with Gasteiger partial charge >= 0.3 is 0 Å². The van der Waals surface area contributed by atoms with Gasteiger partial charge in [0.15, 0.2) is 0 Å². The van der Waals surface area contributed by atoms with Crippen LogP contribution in [-0.2, 0) is 6.42 Å². The fourth-order valence-corrected chi connectivity index (χ4v) is 3.57. The number of fused-ring (bicyclic) bond motifs is 1. The normalized spacial score (nSPS) is 19.7. The van der Waals surface area contributed by atoms with Crippen LogP contribution in [0.5, 0.6) is 0 Å². The zero-order chi connectivity index (χ0) is 12.4. The van der Waals surface area contributed by atoms with Gasteiger partial charge < -0.3 is 5.32 Å². The van der Waals surface area contributed by atoms with Gasteiger partial charge in [-0.25, -0.2) is 0 Å². The first-order valence-electron chi connectivity index (χ1n) is 6.45. The van der Waals surface area contributed by atoms with Gasteiger partial charge in [-0.05, 0) is 31.0 Å². The second kappa shape index (κ2) is 5.16. The molecule has 2 aromatic rings. The zero-order valence-corrected chi connectivity index (χ0v) is 11.3. The van der Waals surface area contributed by atoms with E-state index < -0.39 is 0 Å². The van der Waals surface area contributed by atoms with Gasteiger partial charge in [0.25, 0.3) is 0 Å². The third-order valence-corrected chi connectivity index (χ3v) is 4.44. The number of hydrogen-bond acceptors (Lipinski definition) is 4. The largest absolute Gasteiger partial charge is 0.309 e. The maximum atomic E-state index is 4.60. The van der Waals surface area contributed by atoms with Crippen molar-refractivity contribution in [1.29, 1.82) is 0 Å². The Hall–Kier alpha value is -1.26. The van der Waals surface area contributed by atoms with Crippen molar-refractivity contribution in [2.75, 3.05) is 6.54 Å². The van der Waals surface area contributed by atoms with Gasteiger partial charge in [-0.2, -0.15) is 0 Å². The van der Waals surface area contributed by atoms with Crippen LogP contribution in [0.2, 0.25) is 0 Å². The second-order valence-electron chi connectivity index (χ2n) is 4.63. The van der Waals surface area contributed by atoms with E-state index in [1.807, 2.05) is 24.0 Å². The summed E-state index contributed by atoms with van der Waals surface area (Å²) in [5.41, 5.74) is 4.60. The minimum absolute atomic E-state index is 0.360. The Kier molecular flexibility index (Phi) is 3.39. The monoisotopic (exact) mass is 259 g/mol. The van der Waals surface area contributed by atoms with Gasteiger partial charge in [-0.15, -0.1) is 11.3 Å². The molecule has 94 valence electrons. The second-order valence-corrected chi connectivity index (χ2v) is 5.55. The number of thiazole rings is 1. The maximum Gasteiger partial charge on any atom is 0.0794 e. The Balaban J connectivity index is 1.93. The van der Waals surface area contributed by atoms with Gasteiger partial charge in [0.05, 0.1) is 11.6 Å². The van der Waals surface area contributed by atoms with Crippen molar-refractivity contribution in [2.45, 2.75) is 31.7 Å². The molecule has 2 heterocycles. The Morgan fingerprint density at radius 3 is 3.28 bits per heavy atom. The molecule has 2 unspecified atom stereocenters. The fourth-order valence-electron chi connectivity index (χ4n) is 2.81. The highest BCUT2D eigenvalue weighted by Gasteiger charge is 2.32. The average Bonchev–Trinajstić information content (AvgIpc) is 3.06. The molecule has 0 saturated heterocycles. The summed E-state index contributed by atoms with van der Waals surface area (Å²) in [5.74, 6) is 0.488. The summed E-state index contributed by atoms with van der Waals surface area (Å²) >= 11 is 1.73. The first-order chi connectivity index (χ1) is 8.90. The average molecular weight is 259 g/mol. The number of pyridine rings is 1. The summed E-state index contributed by atoms with van der Waals surface area (Å²) < 4.78 is 0. The molecule has 18 heavy (non-hydrogen) atoms. The molecule has 0 amide bonds. The van der Waals surface area contributed by atoms with E-state index in [-0.39, 0.29) is 0 Å². The molecule has 0 aromatic carbocycles. The van der Waals surface area contributed by atoms with E-state index in [9.17, 15) is 0 Å². The number of aryl methyl sites for hydroxylation is 1.